The summed E-state index contributed by atoms with van der Waals surface area (Å²) in [7, 11) is 0. The van der Waals surface area contributed by atoms with Crippen LogP contribution in [0, 0.1) is 0 Å². The lowest BCUT2D eigenvalue weighted by molar-refractivity contribution is -0.326. The van der Waals surface area contributed by atoms with Crippen LogP contribution in [-0.4, -0.2) is 36.3 Å². The average molecular weight is 609 g/mol. The second-order valence-electron chi connectivity index (χ2n) is 13.8. The summed E-state index contributed by atoms with van der Waals surface area (Å²) in [6.07, 6.45) is 44.3. The summed E-state index contributed by atoms with van der Waals surface area (Å²) in [4.78, 5) is 6.76. The first-order valence-corrected chi connectivity index (χ1v) is 20.5. The van der Waals surface area contributed by atoms with Crippen LogP contribution in [0.2, 0.25) is 0 Å². The molecule has 3 nitrogen and oxygen atoms in total. The Bertz CT molecular complexity index is 403. The van der Waals surface area contributed by atoms with Crippen LogP contribution in [-0.2, 0) is 4.94 Å². The van der Waals surface area contributed by atoms with Gasteiger partial charge in [0.25, 0.3) is 0 Å². The van der Waals surface area contributed by atoms with Crippen LogP contribution in [0.15, 0.2) is 0 Å². The van der Waals surface area contributed by atoms with Gasteiger partial charge in [0, 0.05) is 26.2 Å². The summed E-state index contributed by atoms with van der Waals surface area (Å²) in [5, 5.41) is 4.76. The highest BCUT2D eigenvalue weighted by molar-refractivity contribution is 4.56. The van der Waals surface area contributed by atoms with Gasteiger partial charge in [0.15, 0.2) is 0 Å². The Morgan fingerprint density at radius 3 is 0.581 bits per heavy atom. The minimum absolute atomic E-state index is 1.11. The third-order valence-electron chi connectivity index (χ3n) is 9.28. The maximum absolute atomic E-state index is 6.76. The first-order chi connectivity index (χ1) is 21.3. The molecule has 0 saturated heterocycles. The molecule has 0 aliphatic rings. The fraction of sp³-hybridized carbons (Fsp3) is 1.00. The summed E-state index contributed by atoms with van der Waals surface area (Å²) < 4.78 is 0. The first kappa shape index (κ1) is 42.9. The minimum atomic E-state index is 1.11. The van der Waals surface area contributed by atoms with Crippen molar-refractivity contribution in [2.75, 3.05) is 26.2 Å². The topological polar surface area (TPSA) is 15.7 Å². The highest BCUT2D eigenvalue weighted by atomic mass is 16.8. The van der Waals surface area contributed by atoms with E-state index in [0.717, 1.165) is 26.2 Å². The lowest BCUT2D eigenvalue weighted by Crippen LogP contribution is -2.38. The van der Waals surface area contributed by atoms with Crippen LogP contribution < -0.4 is 0 Å². The van der Waals surface area contributed by atoms with E-state index in [0.29, 0.717) is 0 Å². The van der Waals surface area contributed by atoms with Crippen LogP contribution in [0.3, 0.4) is 0 Å². The normalized spacial score (nSPS) is 11.9. The average Bonchev–Trinajstić information content (AvgIpc) is 3.01. The van der Waals surface area contributed by atoms with Gasteiger partial charge in [0.05, 0.1) is 0 Å². The predicted molar refractivity (Wildman–Crippen MR) is 195 cm³/mol. The van der Waals surface area contributed by atoms with E-state index in [1.54, 1.807) is 0 Å². The van der Waals surface area contributed by atoms with Crippen LogP contribution in [0.4, 0.5) is 0 Å². The van der Waals surface area contributed by atoms with Gasteiger partial charge in [-0.2, -0.15) is 10.1 Å². The van der Waals surface area contributed by atoms with Gasteiger partial charge in [0.2, 0.25) is 0 Å². The molecule has 0 unspecified atom stereocenters. The molecule has 0 spiro atoms. The van der Waals surface area contributed by atoms with E-state index in [2.05, 4.69) is 37.8 Å². The molecular weight excluding hydrogens is 524 g/mol. The summed E-state index contributed by atoms with van der Waals surface area (Å²) in [5.41, 5.74) is 0. The van der Waals surface area contributed by atoms with Crippen molar-refractivity contribution >= 4 is 0 Å². The Balaban J connectivity index is 4.68. The van der Waals surface area contributed by atoms with E-state index in [1.165, 1.54) is 205 Å². The van der Waals surface area contributed by atoms with Gasteiger partial charge < -0.3 is 0 Å². The van der Waals surface area contributed by atoms with Crippen LogP contribution in [0.1, 0.15) is 233 Å². The molecule has 0 aromatic heterocycles. The molecule has 0 amide bonds. The Morgan fingerprint density at radius 1 is 0.233 bits per heavy atom. The molecule has 0 heterocycles. The molecule has 0 bridgehead atoms. The second-order valence-corrected chi connectivity index (χ2v) is 13.8. The van der Waals surface area contributed by atoms with Crippen LogP contribution in [0.25, 0.3) is 0 Å². The second kappa shape index (κ2) is 38.1. The van der Waals surface area contributed by atoms with Gasteiger partial charge in [0.1, 0.15) is 0 Å². The highest BCUT2D eigenvalue weighted by Gasteiger charge is 2.13. The molecule has 43 heavy (non-hydrogen) atoms. The molecule has 0 rings (SSSR count). The van der Waals surface area contributed by atoms with E-state index >= 15 is 0 Å². The van der Waals surface area contributed by atoms with Gasteiger partial charge in [-0.3, -0.25) is 0 Å². The summed E-state index contributed by atoms with van der Waals surface area (Å²) >= 11 is 0. The number of hydrogen-bond donors (Lipinski definition) is 0. The molecule has 0 aliphatic heterocycles. The SMILES string of the molecule is CCCCCCCCCCN(CCCCCCCCCC)ON(CCCCCCCCCC)CCCCCCCCCC. The lowest BCUT2D eigenvalue weighted by Gasteiger charge is -2.29. The largest absolute Gasteiger partial charge is 0.208 e. The minimum Gasteiger partial charge on any atom is -0.208 e. The maximum atomic E-state index is 6.76. The van der Waals surface area contributed by atoms with E-state index in [-0.39, 0.29) is 0 Å². The van der Waals surface area contributed by atoms with E-state index in [1.807, 2.05) is 0 Å². The van der Waals surface area contributed by atoms with Crippen molar-refractivity contribution in [3.05, 3.63) is 0 Å². The molecule has 3 heteroatoms. The molecule has 260 valence electrons. The lowest BCUT2D eigenvalue weighted by atomic mass is 10.1. The van der Waals surface area contributed by atoms with Crippen LogP contribution in [0.5, 0.6) is 0 Å². The van der Waals surface area contributed by atoms with Crippen molar-refractivity contribution in [2.24, 2.45) is 0 Å². The maximum Gasteiger partial charge on any atom is 0.0259 e. The van der Waals surface area contributed by atoms with Crippen molar-refractivity contribution in [3.8, 4) is 0 Å². The van der Waals surface area contributed by atoms with Gasteiger partial charge in [-0.1, -0.05) is 207 Å². The summed E-state index contributed by atoms with van der Waals surface area (Å²) in [6.45, 7) is 13.7. The molecule has 0 aromatic rings. The molecule has 0 radical (unpaired) electrons. The van der Waals surface area contributed by atoms with E-state index in [4.69, 9.17) is 4.94 Å². The fourth-order valence-electron chi connectivity index (χ4n) is 6.24. The first-order valence-electron chi connectivity index (χ1n) is 20.5. The van der Waals surface area contributed by atoms with Crippen molar-refractivity contribution in [1.29, 1.82) is 0 Å². The third-order valence-corrected chi connectivity index (χ3v) is 9.28. The molecule has 0 aromatic carbocycles. The summed E-state index contributed by atoms with van der Waals surface area (Å²) in [6, 6.07) is 0. The third kappa shape index (κ3) is 34.6. The van der Waals surface area contributed by atoms with Crippen molar-refractivity contribution < 1.29 is 4.94 Å². The van der Waals surface area contributed by atoms with Crippen molar-refractivity contribution in [1.82, 2.24) is 10.1 Å². The van der Waals surface area contributed by atoms with Gasteiger partial charge in [-0.15, -0.1) is 0 Å². The molecule has 0 atom stereocenters. The number of unbranched alkanes of at least 4 members (excludes halogenated alkanes) is 28. The molecule has 0 fully saturated rings. The monoisotopic (exact) mass is 609 g/mol. The number of hydrogen-bond acceptors (Lipinski definition) is 3. The Morgan fingerprint density at radius 2 is 0.395 bits per heavy atom. The smallest absolute Gasteiger partial charge is 0.0259 e. The fourth-order valence-corrected chi connectivity index (χ4v) is 6.24. The molecule has 0 N–H and O–H groups in total. The van der Waals surface area contributed by atoms with Gasteiger partial charge in [-0.05, 0) is 25.7 Å². The number of nitrogens with zero attached hydrogens (tertiary/aromatic N) is 2. The van der Waals surface area contributed by atoms with Gasteiger partial charge in [-0.25, -0.2) is 4.94 Å². The number of hydroxylamine groups is 4. The predicted octanol–water partition coefficient (Wildman–Crippen LogP) is 14.0. The zero-order chi connectivity index (χ0) is 31.3. The Kier molecular flexibility index (Phi) is 38.0. The van der Waals surface area contributed by atoms with Gasteiger partial charge >= 0.3 is 0 Å². The zero-order valence-corrected chi connectivity index (χ0v) is 30.8. The van der Waals surface area contributed by atoms with Crippen molar-refractivity contribution in [2.45, 2.75) is 233 Å². The van der Waals surface area contributed by atoms with E-state index in [9.17, 15) is 0 Å². The standard InChI is InChI=1S/C40H84N2O/c1-5-9-13-17-21-25-29-33-37-41(38-34-30-26-22-18-14-10-6-2)43-42(39-35-31-27-23-19-15-11-7-3)40-36-32-28-24-20-16-12-8-4/h5-40H2,1-4H3. The number of rotatable bonds is 38. The Hall–Kier alpha value is -0.120. The molecule has 0 aliphatic carbocycles. The van der Waals surface area contributed by atoms with Crippen LogP contribution >= 0.6 is 0 Å². The van der Waals surface area contributed by atoms with E-state index < -0.39 is 0 Å². The molecular formula is C40H84N2O. The summed E-state index contributed by atoms with van der Waals surface area (Å²) in [5.74, 6) is 0. The molecule has 0 saturated carbocycles. The Labute approximate surface area is 274 Å². The zero-order valence-electron chi connectivity index (χ0n) is 30.8. The quantitative estimate of drug-likeness (QED) is 0.0512. The van der Waals surface area contributed by atoms with Crippen molar-refractivity contribution in [3.63, 3.8) is 0 Å². The highest BCUT2D eigenvalue weighted by Crippen LogP contribution is 2.15.